The van der Waals surface area contributed by atoms with Crippen LogP contribution in [0.15, 0.2) is 42.5 Å². The Morgan fingerprint density at radius 1 is 1.15 bits per heavy atom. The van der Waals surface area contributed by atoms with Gasteiger partial charge >= 0.3 is 0 Å². The molecule has 1 unspecified atom stereocenters. The summed E-state index contributed by atoms with van der Waals surface area (Å²) in [5.41, 5.74) is 2.15. The second-order valence-corrected chi connectivity index (χ2v) is 6.13. The van der Waals surface area contributed by atoms with Gasteiger partial charge in [0.2, 0.25) is 0 Å². The van der Waals surface area contributed by atoms with Crippen LogP contribution in [0.3, 0.4) is 0 Å². The molecule has 0 aliphatic carbocycles. The maximum Gasteiger partial charge on any atom is 0.251 e. The Morgan fingerprint density at radius 3 is 2.63 bits per heavy atom. The summed E-state index contributed by atoms with van der Waals surface area (Å²) >= 11 is 0. The zero-order valence-corrected chi connectivity index (χ0v) is 15.7. The molecular formula is C20H22N4O3. The van der Waals surface area contributed by atoms with Crippen molar-refractivity contribution in [1.29, 1.82) is 0 Å². The molecule has 0 aliphatic heterocycles. The fourth-order valence-electron chi connectivity index (χ4n) is 2.81. The van der Waals surface area contributed by atoms with Crippen molar-refractivity contribution in [2.75, 3.05) is 14.2 Å². The van der Waals surface area contributed by atoms with Gasteiger partial charge in [0, 0.05) is 16.7 Å². The Labute approximate surface area is 157 Å². The summed E-state index contributed by atoms with van der Waals surface area (Å²) in [6, 6.07) is 12.4. The van der Waals surface area contributed by atoms with Crippen molar-refractivity contribution in [2.45, 2.75) is 19.9 Å². The summed E-state index contributed by atoms with van der Waals surface area (Å²) in [5.74, 6) is 2.48. The maximum atomic E-state index is 12.7. The third-order valence-corrected chi connectivity index (χ3v) is 4.23. The Bertz CT molecular complexity index is 952. The molecular weight excluding hydrogens is 344 g/mol. The topological polar surface area (TPSA) is 89.1 Å². The van der Waals surface area contributed by atoms with Gasteiger partial charge in [-0.25, -0.2) is 4.98 Å². The van der Waals surface area contributed by atoms with Crippen LogP contribution in [0, 0.1) is 6.92 Å². The molecule has 0 saturated carbocycles. The second kappa shape index (κ2) is 7.90. The first-order valence-electron chi connectivity index (χ1n) is 8.54. The first kappa shape index (κ1) is 18.4. The number of hydrogen-bond donors (Lipinski definition) is 2. The van der Waals surface area contributed by atoms with Crippen molar-refractivity contribution in [3.8, 4) is 22.9 Å². The molecule has 3 rings (SSSR count). The van der Waals surface area contributed by atoms with E-state index in [0.717, 1.165) is 17.0 Å². The van der Waals surface area contributed by atoms with Gasteiger partial charge in [-0.05, 0) is 44.2 Å². The van der Waals surface area contributed by atoms with Gasteiger partial charge < -0.3 is 14.8 Å². The van der Waals surface area contributed by atoms with Crippen LogP contribution in [0.4, 0.5) is 0 Å². The van der Waals surface area contributed by atoms with Gasteiger partial charge in [-0.15, -0.1) is 0 Å². The Balaban J connectivity index is 1.81. The number of nitrogens with one attached hydrogen (secondary N) is 2. The number of ether oxygens (including phenoxy) is 2. The van der Waals surface area contributed by atoms with E-state index in [1.165, 1.54) is 0 Å². The minimum Gasteiger partial charge on any atom is -0.497 e. The van der Waals surface area contributed by atoms with E-state index in [1.807, 2.05) is 44.2 Å². The predicted octanol–water partition coefficient (Wildman–Crippen LogP) is 3.29. The van der Waals surface area contributed by atoms with Gasteiger partial charge in [0.1, 0.15) is 17.3 Å². The summed E-state index contributed by atoms with van der Waals surface area (Å²) in [5, 5.41) is 9.94. The van der Waals surface area contributed by atoms with E-state index in [-0.39, 0.29) is 11.9 Å². The van der Waals surface area contributed by atoms with Crippen molar-refractivity contribution in [2.24, 2.45) is 0 Å². The number of aromatic amines is 1. The Hall–Kier alpha value is -3.35. The number of carbonyl (C=O) groups excluding carboxylic acids is 1. The Kier molecular flexibility index (Phi) is 5.40. The molecule has 0 bridgehead atoms. The van der Waals surface area contributed by atoms with E-state index in [9.17, 15) is 4.79 Å². The minimum absolute atomic E-state index is 0.193. The highest BCUT2D eigenvalue weighted by molar-refractivity contribution is 5.95. The van der Waals surface area contributed by atoms with E-state index in [0.29, 0.717) is 22.9 Å². The highest BCUT2D eigenvalue weighted by atomic mass is 16.5. The quantitative estimate of drug-likeness (QED) is 0.699. The summed E-state index contributed by atoms with van der Waals surface area (Å²) < 4.78 is 10.7. The highest BCUT2D eigenvalue weighted by Crippen LogP contribution is 2.29. The molecule has 0 saturated heterocycles. The molecule has 27 heavy (non-hydrogen) atoms. The van der Waals surface area contributed by atoms with Crippen LogP contribution in [-0.4, -0.2) is 35.3 Å². The normalized spacial score (nSPS) is 11.7. The molecule has 0 aliphatic rings. The van der Waals surface area contributed by atoms with Gasteiger partial charge in [-0.1, -0.05) is 12.1 Å². The van der Waals surface area contributed by atoms with Crippen molar-refractivity contribution in [3.05, 3.63) is 59.4 Å². The van der Waals surface area contributed by atoms with Gasteiger partial charge in [0.05, 0.1) is 20.3 Å². The number of amides is 1. The lowest BCUT2D eigenvalue weighted by Gasteiger charge is -2.18. The smallest absolute Gasteiger partial charge is 0.251 e. The van der Waals surface area contributed by atoms with Crippen LogP contribution in [0.25, 0.3) is 11.4 Å². The van der Waals surface area contributed by atoms with Crippen LogP contribution >= 0.6 is 0 Å². The lowest BCUT2D eigenvalue weighted by atomic mass is 10.1. The number of rotatable bonds is 6. The molecule has 2 N–H and O–H groups in total. The summed E-state index contributed by atoms with van der Waals surface area (Å²) in [6.45, 7) is 3.73. The predicted molar refractivity (Wildman–Crippen MR) is 102 cm³/mol. The molecule has 2 aromatic carbocycles. The molecule has 1 aromatic heterocycles. The number of methoxy groups -OCH3 is 2. The summed E-state index contributed by atoms with van der Waals surface area (Å²) in [7, 11) is 3.20. The molecule has 7 nitrogen and oxygen atoms in total. The number of aryl methyl sites for hydroxylation is 1. The van der Waals surface area contributed by atoms with Gasteiger partial charge in [-0.2, -0.15) is 5.10 Å². The summed E-state index contributed by atoms with van der Waals surface area (Å²) in [6.07, 6.45) is 0. The van der Waals surface area contributed by atoms with Crippen molar-refractivity contribution >= 4 is 5.91 Å². The molecule has 0 fully saturated rings. The van der Waals surface area contributed by atoms with Crippen molar-refractivity contribution < 1.29 is 14.3 Å². The number of aromatic nitrogens is 3. The van der Waals surface area contributed by atoms with Crippen LogP contribution < -0.4 is 14.8 Å². The van der Waals surface area contributed by atoms with E-state index >= 15 is 0 Å². The molecule has 1 atom stereocenters. The SMILES string of the molecule is COc1ccc(OC)c(C(C)NC(=O)c2cccc(-c3n[nH]c(C)n3)c2)c1. The molecule has 0 spiro atoms. The molecule has 1 heterocycles. The minimum atomic E-state index is -0.267. The van der Waals surface area contributed by atoms with E-state index < -0.39 is 0 Å². The zero-order chi connectivity index (χ0) is 19.4. The molecule has 1 amide bonds. The fraction of sp³-hybridized carbons (Fsp3) is 0.250. The van der Waals surface area contributed by atoms with E-state index in [2.05, 4.69) is 20.5 Å². The monoisotopic (exact) mass is 366 g/mol. The van der Waals surface area contributed by atoms with Crippen LogP contribution in [0.2, 0.25) is 0 Å². The molecule has 3 aromatic rings. The first-order chi connectivity index (χ1) is 13.0. The highest BCUT2D eigenvalue weighted by Gasteiger charge is 2.17. The van der Waals surface area contributed by atoms with E-state index in [1.54, 1.807) is 26.4 Å². The Morgan fingerprint density at radius 2 is 1.96 bits per heavy atom. The fourth-order valence-corrected chi connectivity index (χ4v) is 2.81. The lowest BCUT2D eigenvalue weighted by Crippen LogP contribution is -2.27. The van der Waals surface area contributed by atoms with Crippen LogP contribution in [0.5, 0.6) is 11.5 Å². The average molecular weight is 366 g/mol. The average Bonchev–Trinajstić information content (AvgIpc) is 3.13. The number of H-pyrrole nitrogens is 1. The maximum absolute atomic E-state index is 12.7. The zero-order valence-electron chi connectivity index (χ0n) is 15.7. The standard InChI is InChI=1S/C20H22N4O3/c1-12(17-11-16(26-3)8-9-18(17)27-4)21-20(25)15-7-5-6-14(10-15)19-22-13(2)23-24-19/h5-12H,1-4H3,(H,21,25)(H,22,23,24). The number of benzene rings is 2. The third kappa shape index (κ3) is 4.08. The lowest BCUT2D eigenvalue weighted by molar-refractivity contribution is 0.0939. The number of carbonyl (C=O) groups is 1. The molecule has 140 valence electrons. The largest absolute Gasteiger partial charge is 0.497 e. The third-order valence-electron chi connectivity index (χ3n) is 4.23. The first-order valence-corrected chi connectivity index (χ1v) is 8.54. The van der Waals surface area contributed by atoms with Gasteiger partial charge in [0.25, 0.3) is 5.91 Å². The van der Waals surface area contributed by atoms with Crippen molar-refractivity contribution in [3.63, 3.8) is 0 Å². The van der Waals surface area contributed by atoms with E-state index in [4.69, 9.17) is 9.47 Å². The van der Waals surface area contributed by atoms with Crippen LogP contribution in [0.1, 0.15) is 34.7 Å². The van der Waals surface area contributed by atoms with Crippen LogP contribution in [-0.2, 0) is 0 Å². The molecule has 7 heteroatoms. The molecule has 0 radical (unpaired) electrons. The second-order valence-electron chi connectivity index (χ2n) is 6.13. The van der Waals surface area contributed by atoms with Gasteiger partial charge in [-0.3, -0.25) is 9.89 Å². The van der Waals surface area contributed by atoms with Gasteiger partial charge in [0.15, 0.2) is 5.82 Å². The van der Waals surface area contributed by atoms with Crippen molar-refractivity contribution in [1.82, 2.24) is 20.5 Å². The summed E-state index contributed by atoms with van der Waals surface area (Å²) in [4.78, 5) is 17.0. The number of hydrogen-bond acceptors (Lipinski definition) is 5. The number of nitrogens with zero attached hydrogens (tertiary/aromatic N) is 2.